The van der Waals surface area contributed by atoms with E-state index in [0.717, 1.165) is 19.5 Å². The fourth-order valence-corrected chi connectivity index (χ4v) is 3.80. The molecule has 2 aliphatic rings. The van der Waals surface area contributed by atoms with Crippen LogP contribution >= 0.6 is 11.8 Å². The van der Waals surface area contributed by atoms with Crippen molar-refractivity contribution in [2.24, 2.45) is 11.3 Å². The van der Waals surface area contributed by atoms with E-state index in [2.05, 4.69) is 20.8 Å². The van der Waals surface area contributed by atoms with Crippen LogP contribution in [0.5, 0.6) is 0 Å². The van der Waals surface area contributed by atoms with Crippen molar-refractivity contribution in [1.29, 1.82) is 0 Å². The number of rotatable bonds is 1. The molecular weight excluding hydrogens is 264 g/mol. The number of amides is 2. The van der Waals surface area contributed by atoms with Crippen LogP contribution in [0.4, 0.5) is 4.79 Å². The van der Waals surface area contributed by atoms with Gasteiger partial charge in [-0.15, -0.1) is 11.8 Å². The third kappa shape index (κ3) is 2.99. The van der Waals surface area contributed by atoms with E-state index in [1.807, 2.05) is 4.90 Å². The number of hydrogen-bond acceptors (Lipinski definition) is 3. The second-order valence-corrected chi connectivity index (χ2v) is 7.40. The van der Waals surface area contributed by atoms with Gasteiger partial charge in [0.2, 0.25) is 0 Å². The standard InChI is InChI=1S/C13H22N2O3S/c1-13(2,3)9-4-5-14(6-9)12(18)15-8-19-7-10(15)11(16)17/h9-10H,4-8H2,1-3H3,(H,16,17)/t9?,10-/m0/s1. The first-order chi connectivity index (χ1) is 8.80. The summed E-state index contributed by atoms with van der Waals surface area (Å²) in [5, 5.41) is 9.13. The summed E-state index contributed by atoms with van der Waals surface area (Å²) in [6, 6.07) is -0.768. The SMILES string of the molecule is CC(C)(C)C1CCN(C(=O)N2CSC[C@H]2C(=O)O)C1. The van der Waals surface area contributed by atoms with Gasteiger partial charge in [0.1, 0.15) is 6.04 Å². The highest BCUT2D eigenvalue weighted by molar-refractivity contribution is 7.99. The average Bonchev–Trinajstić information content (AvgIpc) is 2.96. The first-order valence-electron chi connectivity index (χ1n) is 6.67. The van der Waals surface area contributed by atoms with Gasteiger partial charge in [0.25, 0.3) is 0 Å². The molecule has 2 aliphatic heterocycles. The number of carboxylic acid groups (broad SMARTS) is 1. The quantitative estimate of drug-likeness (QED) is 0.800. The number of aliphatic carboxylic acids is 1. The molecule has 2 amide bonds. The van der Waals surface area contributed by atoms with Gasteiger partial charge in [-0.05, 0) is 17.8 Å². The van der Waals surface area contributed by atoms with Gasteiger partial charge in [0.15, 0.2) is 0 Å². The van der Waals surface area contributed by atoms with Crippen molar-refractivity contribution >= 4 is 23.8 Å². The number of thioether (sulfide) groups is 1. The molecule has 1 unspecified atom stereocenters. The van der Waals surface area contributed by atoms with E-state index in [4.69, 9.17) is 5.11 Å². The molecule has 0 aliphatic carbocycles. The Kier molecular flexibility index (Phi) is 3.99. The van der Waals surface area contributed by atoms with Crippen LogP contribution in [0.25, 0.3) is 0 Å². The van der Waals surface area contributed by atoms with Gasteiger partial charge in [-0.25, -0.2) is 9.59 Å². The van der Waals surface area contributed by atoms with E-state index in [9.17, 15) is 9.59 Å². The number of carboxylic acids is 1. The predicted octanol–water partition coefficient (Wildman–Crippen LogP) is 1.93. The Balaban J connectivity index is 2.00. The molecule has 2 atom stereocenters. The number of nitrogens with zero attached hydrogens (tertiary/aromatic N) is 2. The maximum absolute atomic E-state index is 12.4. The van der Waals surface area contributed by atoms with E-state index < -0.39 is 12.0 Å². The summed E-state index contributed by atoms with van der Waals surface area (Å²) in [4.78, 5) is 26.9. The Morgan fingerprint density at radius 3 is 2.53 bits per heavy atom. The fourth-order valence-electron chi connectivity index (χ4n) is 2.66. The third-order valence-electron chi connectivity index (χ3n) is 4.10. The number of hydrogen-bond donors (Lipinski definition) is 1. The van der Waals surface area contributed by atoms with Crippen molar-refractivity contribution < 1.29 is 14.7 Å². The van der Waals surface area contributed by atoms with E-state index in [0.29, 0.717) is 17.5 Å². The Hall–Kier alpha value is -0.910. The first-order valence-corrected chi connectivity index (χ1v) is 7.82. The summed E-state index contributed by atoms with van der Waals surface area (Å²) in [6.45, 7) is 8.07. The van der Waals surface area contributed by atoms with Crippen molar-refractivity contribution in [1.82, 2.24) is 9.80 Å². The summed E-state index contributed by atoms with van der Waals surface area (Å²) in [6.07, 6.45) is 1.01. The lowest BCUT2D eigenvalue weighted by molar-refractivity contribution is -0.140. The lowest BCUT2D eigenvalue weighted by Gasteiger charge is -2.29. The Labute approximate surface area is 118 Å². The maximum Gasteiger partial charge on any atom is 0.327 e. The molecule has 19 heavy (non-hydrogen) atoms. The van der Waals surface area contributed by atoms with Crippen molar-refractivity contribution in [3.05, 3.63) is 0 Å². The van der Waals surface area contributed by atoms with Crippen molar-refractivity contribution in [3.8, 4) is 0 Å². The van der Waals surface area contributed by atoms with Crippen LogP contribution in [0.2, 0.25) is 0 Å². The van der Waals surface area contributed by atoms with Crippen LogP contribution < -0.4 is 0 Å². The Morgan fingerprint density at radius 1 is 1.32 bits per heavy atom. The molecule has 2 rings (SSSR count). The third-order valence-corrected chi connectivity index (χ3v) is 5.11. The summed E-state index contributed by atoms with van der Waals surface area (Å²) in [7, 11) is 0. The van der Waals surface area contributed by atoms with E-state index in [-0.39, 0.29) is 11.4 Å². The van der Waals surface area contributed by atoms with Gasteiger partial charge in [0.05, 0.1) is 5.88 Å². The zero-order valence-electron chi connectivity index (χ0n) is 11.8. The van der Waals surface area contributed by atoms with Crippen molar-refractivity contribution in [2.75, 3.05) is 24.7 Å². The molecule has 0 aromatic rings. The van der Waals surface area contributed by atoms with Crippen LogP contribution in [0.1, 0.15) is 27.2 Å². The average molecular weight is 286 g/mol. The second kappa shape index (κ2) is 5.23. The van der Waals surface area contributed by atoms with Crippen LogP contribution in [-0.2, 0) is 4.79 Å². The smallest absolute Gasteiger partial charge is 0.327 e. The molecule has 2 fully saturated rings. The fraction of sp³-hybridized carbons (Fsp3) is 0.846. The highest BCUT2D eigenvalue weighted by atomic mass is 32.2. The zero-order chi connectivity index (χ0) is 14.2. The minimum absolute atomic E-state index is 0.107. The summed E-state index contributed by atoms with van der Waals surface area (Å²) in [5.41, 5.74) is 0.195. The van der Waals surface area contributed by atoms with Gasteiger partial charge in [-0.3, -0.25) is 0 Å². The van der Waals surface area contributed by atoms with E-state index in [1.54, 1.807) is 0 Å². The topological polar surface area (TPSA) is 60.9 Å². The molecule has 5 nitrogen and oxygen atoms in total. The highest BCUT2D eigenvalue weighted by Crippen LogP contribution is 2.34. The second-order valence-electron chi connectivity index (χ2n) is 6.40. The van der Waals surface area contributed by atoms with E-state index in [1.165, 1.54) is 16.7 Å². The van der Waals surface area contributed by atoms with E-state index >= 15 is 0 Å². The van der Waals surface area contributed by atoms with Crippen LogP contribution in [0, 0.1) is 11.3 Å². The van der Waals surface area contributed by atoms with Gasteiger partial charge < -0.3 is 14.9 Å². The molecule has 0 bridgehead atoms. The van der Waals surface area contributed by atoms with Crippen LogP contribution in [0.15, 0.2) is 0 Å². The number of likely N-dealkylation sites (tertiary alicyclic amines) is 1. The minimum atomic E-state index is -0.898. The number of urea groups is 1. The number of carbonyl (C=O) groups excluding carboxylic acids is 1. The Morgan fingerprint density at radius 2 is 2.00 bits per heavy atom. The van der Waals surface area contributed by atoms with Gasteiger partial charge in [0, 0.05) is 18.8 Å². The first kappa shape index (κ1) is 14.5. The maximum atomic E-state index is 12.4. The molecule has 6 heteroatoms. The van der Waals surface area contributed by atoms with Gasteiger partial charge in [-0.1, -0.05) is 20.8 Å². The van der Waals surface area contributed by atoms with Crippen LogP contribution in [-0.4, -0.2) is 57.7 Å². The van der Waals surface area contributed by atoms with Crippen molar-refractivity contribution in [2.45, 2.75) is 33.2 Å². The number of carbonyl (C=O) groups is 2. The molecule has 0 saturated carbocycles. The summed E-state index contributed by atoms with van der Waals surface area (Å²) >= 11 is 1.51. The Bertz CT molecular complexity index is 381. The molecule has 0 aromatic carbocycles. The molecule has 2 saturated heterocycles. The van der Waals surface area contributed by atoms with Gasteiger partial charge in [-0.2, -0.15) is 0 Å². The molecule has 108 valence electrons. The summed E-state index contributed by atoms with van der Waals surface area (Å²) in [5.74, 6) is 0.587. The lowest BCUT2D eigenvalue weighted by atomic mass is 9.80. The zero-order valence-corrected chi connectivity index (χ0v) is 12.6. The molecule has 2 heterocycles. The van der Waals surface area contributed by atoms with Crippen LogP contribution in [0.3, 0.4) is 0 Å². The minimum Gasteiger partial charge on any atom is -0.480 e. The lowest BCUT2D eigenvalue weighted by Crippen LogP contribution is -2.48. The summed E-state index contributed by atoms with van der Waals surface area (Å²) < 4.78 is 0. The van der Waals surface area contributed by atoms with Crippen molar-refractivity contribution in [3.63, 3.8) is 0 Å². The normalized spacial score (nSPS) is 27.9. The van der Waals surface area contributed by atoms with Gasteiger partial charge >= 0.3 is 12.0 Å². The highest BCUT2D eigenvalue weighted by Gasteiger charge is 2.40. The predicted molar refractivity (Wildman–Crippen MR) is 75.1 cm³/mol. The largest absolute Gasteiger partial charge is 0.480 e. The molecular formula is C13H22N2O3S. The molecule has 0 aromatic heterocycles. The molecule has 1 N–H and O–H groups in total. The monoisotopic (exact) mass is 286 g/mol. The molecule has 0 radical (unpaired) electrons. The molecule has 0 spiro atoms.